The van der Waals surface area contributed by atoms with Gasteiger partial charge in [0.15, 0.2) is 11.6 Å². The first kappa shape index (κ1) is 27.3. The molecular weight excluding hydrogens is 545 g/mol. The molecule has 2 N–H and O–H groups in total. The molecule has 0 saturated carbocycles. The first-order valence-electron chi connectivity index (χ1n) is 13.4. The van der Waals surface area contributed by atoms with E-state index in [1.807, 2.05) is 13.8 Å². The number of aromatic hydroxyl groups is 1. The van der Waals surface area contributed by atoms with Gasteiger partial charge in [0, 0.05) is 17.0 Å². The van der Waals surface area contributed by atoms with Gasteiger partial charge >= 0.3 is 0 Å². The Bertz CT molecular complexity index is 1740. The fourth-order valence-corrected chi connectivity index (χ4v) is 5.31. The van der Waals surface area contributed by atoms with Crippen LogP contribution in [0.2, 0.25) is 0 Å². The van der Waals surface area contributed by atoms with Crippen molar-refractivity contribution in [3.8, 4) is 17.2 Å². The number of carbonyl (C=O) groups excluding carboxylic acids is 1. The zero-order valence-electron chi connectivity index (χ0n) is 22.8. The topological polar surface area (TPSA) is 71.0 Å². The number of allylic oxidation sites excluding steroid dienone is 1. The maximum Gasteiger partial charge on any atom is 0.262 e. The molecule has 0 saturated heterocycles. The van der Waals surface area contributed by atoms with E-state index in [4.69, 9.17) is 9.47 Å². The fraction of sp³-hybridized carbons (Fsp3) is 0.182. The molecule has 0 fully saturated rings. The first-order valence-corrected chi connectivity index (χ1v) is 13.4. The molecule has 0 radical (unpaired) electrons. The second-order valence-electron chi connectivity index (χ2n) is 11.0. The highest BCUT2D eigenvalue weighted by molar-refractivity contribution is 6.09. The molecule has 0 aliphatic carbocycles. The van der Waals surface area contributed by atoms with Gasteiger partial charge in [-0.25, -0.2) is 13.2 Å². The molecule has 0 spiro atoms. The van der Waals surface area contributed by atoms with Crippen molar-refractivity contribution in [3.63, 3.8) is 0 Å². The minimum Gasteiger partial charge on any atom is -0.506 e. The summed E-state index contributed by atoms with van der Waals surface area (Å²) in [5.74, 6) is -2.81. The Balaban J connectivity index is 1.55. The predicted octanol–water partition coefficient (Wildman–Crippen LogP) is 8.07. The number of fused-ring (bicyclic) bond motifs is 1. The van der Waals surface area contributed by atoms with Gasteiger partial charge in [-0.15, -0.1) is 0 Å². The average molecular weight is 573 g/mol. The van der Waals surface area contributed by atoms with Crippen LogP contribution in [-0.2, 0) is 4.74 Å². The van der Waals surface area contributed by atoms with Crippen LogP contribution in [0.1, 0.15) is 42.2 Å². The number of nitrogens with zero attached hydrogens (tertiary/aromatic N) is 1. The summed E-state index contributed by atoms with van der Waals surface area (Å²) in [5, 5.41) is 14.1. The van der Waals surface area contributed by atoms with Crippen molar-refractivity contribution in [2.24, 2.45) is 5.41 Å². The molecule has 2 aliphatic rings. The number of hydrogen-bond donors (Lipinski definition) is 2. The van der Waals surface area contributed by atoms with Crippen LogP contribution in [0.5, 0.6) is 17.2 Å². The number of nitrogens with one attached hydrogen (secondary N) is 1. The van der Waals surface area contributed by atoms with Gasteiger partial charge in [0.1, 0.15) is 40.6 Å². The maximum atomic E-state index is 16.1. The molecule has 1 unspecified atom stereocenters. The van der Waals surface area contributed by atoms with E-state index in [1.54, 1.807) is 18.2 Å². The molecular formula is C33H27F3N2O4. The molecule has 6 rings (SSSR count). The Morgan fingerprint density at radius 1 is 0.952 bits per heavy atom. The molecule has 0 bridgehead atoms. The lowest BCUT2D eigenvalue weighted by Gasteiger charge is -2.38. The van der Waals surface area contributed by atoms with E-state index in [0.29, 0.717) is 12.1 Å². The summed E-state index contributed by atoms with van der Waals surface area (Å²) in [4.78, 5) is 15.4. The van der Waals surface area contributed by atoms with Gasteiger partial charge in [-0.1, -0.05) is 44.2 Å². The molecule has 1 amide bonds. The monoisotopic (exact) mass is 572 g/mol. The molecule has 4 aromatic carbocycles. The van der Waals surface area contributed by atoms with E-state index in [1.165, 1.54) is 65.6 Å². The smallest absolute Gasteiger partial charge is 0.262 e. The summed E-state index contributed by atoms with van der Waals surface area (Å²) in [6.07, 6.45) is 0.463. The van der Waals surface area contributed by atoms with Gasteiger partial charge in [-0.2, -0.15) is 0 Å². The normalized spacial score (nSPS) is 17.4. The van der Waals surface area contributed by atoms with Gasteiger partial charge in [0.05, 0.1) is 23.6 Å². The van der Waals surface area contributed by atoms with E-state index in [0.717, 1.165) is 6.07 Å². The SMILES string of the molecule is CC1(C)COC2=C(C1)Nc1c(O)cccc1N(C(=O)c1ccccc1F)C2c1ccc(Oc2ccccc2F)cc1F. The van der Waals surface area contributed by atoms with Crippen LogP contribution in [0.25, 0.3) is 0 Å². The van der Waals surface area contributed by atoms with Gasteiger partial charge in [0.2, 0.25) is 0 Å². The third-order valence-corrected chi connectivity index (χ3v) is 7.29. The summed E-state index contributed by atoms with van der Waals surface area (Å²) in [5.41, 5.74) is 0.437. The maximum absolute atomic E-state index is 16.1. The van der Waals surface area contributed by atoms with Crippen LogP contribution in [0.15, 0.2) is 96.4 Å². The minimum atomic E-state index is -1.19. The molecule has 4 aromatic rings. The molecule has 42 heavy (non-hydrogen) atoms. The first-order chi connectivity index (χ1) is 20.1. The van der Waals surface area contributed by atoms with Crippen molar-refractivity contribution < 1.29 is 32.5 Å². The van der Waals surface area contributed by atoms with E-state index < -0.39 is 29.4 Å². The third kappa shape index (κ3) is 4.91. The van der Waals surface area contributed by atoms with E-state index in [-0.39, 0.29) is 57.5 Å². The van der Waals surface area contributed by atoms with Crippen LogP contribution in [0.4, 0.5) is 24.5 Å². The summed E-state index contributed by atoms with van der Waals surface area (Å²) in [7, 11) is 0. The van der Waals surface area contributed by atoms with Crippen molar-refractivity contribution in [1.82, 2.24) is 0 Å². The Labute approximate surface area is 240 Å². The molecule has 2 aliphatic heterocycles. The number of phenolic OH excluding ortho intramolecular Hbond substituents is 1. The van der Waals surface area contributed by atoms with Crippen molar-refractivity contribution >= 4 is 17.3 Å². The van der Waals surface area contributed by atoms with Gasteiger partial charge in [0.25, 0.3) is 5.91 Å². The lowest BCUT2D eigenvalue weighted by molar-refractivity contribution is 0.0756. The third-order valence-electron chi connectivity index (χ3n) is 7.29. The largest absolute Gasteiger partial charge is 0.506 e. The number of anilines is 2. The molecule has 9 heteroatoms. The average Bonchev–Trinajstić information content (AvgIpc) is 3.08. The molecule has 0 aromatic heterocycles. The van der Waals surface area contributed by atoms with Crippen molar-refractivity contribution in [1.29, 1.82) is 0 Å². The number of ether oxygens (including phenoxy) is 2. The zero-order valence-corrected chi connectivity index (χ0v) is 22.8. The van der Waals surface area contributed by atoms with Crippen molar-refractivity contribution in [2.45, 2.75) is 26.3 Å². The van der Waals surface area contributed by atoms with Crippen LogP contribution in [0.3, 0.4) is 0 Å². The van der Waals surface area contributed by atoms with Crippen molar-refractivity contribution in [3.05, 3.63) is 125 Å². The minimum absolute atomic E-state index is 0.0331. The highest BCUT2D eigenvalue weighted by Gasteiger charge is 2.43. The second kappa shape index (κ2) is 10.5. The Kier molecular flexibility index (Phi) is 6.80. The fourth-order valence-electron chi connectivity index (χ4n) is 5.31. The number of hydrogen-bond acceptors (Lipinski definition) is 5. The zero-order chi connectivity index (χ0) is 29.6. The molecule has 2 heterocycles. The highest BCUT2D eigenvalue weighted by Crippen LogP contribution is 2.50. The summed E-state index contributed by atoms with van der Waals surface area (Å²) in [6.45, 7) is 4.27. The van der Waals surface area contributed by atoms with Gasteiger partial charge < -0.3 is 19.9 Å². The summed E-state index contributed by atoms with van der Waals surface area (Å²) >= 11 is 0. The van der Waals surface area contributed by atoms with Crippen LogP contribution in [0, 0.1) is 22.9 Å². The molecule has 1 atom stereocenters. The van der Waals surface area contributed by atoms with Gasteiger partial charge in [-0.05, 0) is 55.0 Å². The highest BCUT2D eigenvalue weighted by atomic mass is 19.1. The summed E-state index contributed by atoms with van der Waals surface area (Å²) < 4.78 is 57.2. The lowest BCUT2D eigenvalue weighted by Crippen LogP contribution is -2.39. The Morgan fingerprint density at radius 3 is 2.43 bits per heavy atom. The van der Waals surface area contributed by atoms with Crippen LogP contribution in [-0.4, -0.2) is 17.6 Å². The Hall–Kier alpha value is -4.92. The van der Waals surface area contributed by atoms with E-state index >= 15 is 8.78 Å². The second-order valence-corrected chi connectivity index (χ2v) is 11.0. The van der Waals surface area contributed by atoms with Crippen LogP contribution >= 0.6 is 0 Å². The number of para-hydroxylation sites is 2. The number of carbonyl (C=O) groups is 1. The Morgan fingerprint density at radius 2 is 1.69 bits per heavy atom. The van der Waals surface area contributed by atoms with E-state index in [9.17, 15) is 14.3 Å². The van der Waals surface area contributed by atoms with Crippen molar-refractivity contribution in [2.75, 3.05) is 16.8 Å². The number of benzene rings is 4. The molecule has 6 nitrogen and oxygen atoms in total. The number of phenols is 1. The van der Waals surface area contributed by atoms with E-state index in [2.05, 4.69) is 5.32 Å². The molecule has 214 valence electrons. The van der Waals surface area contributed by atoms with Gasteiger partial charge in [-0.3, -0.25) is 9.69 Å². The lowest BCUT2D eigenvalue weighted by atomic mass is 9.85. The van der Waals surface area contributed by atoms with Crippen LogP contribution < -0.4 is 15.0 Å². The number of amides is 1. The predicted molar refractivity (Wildman–Crippen MR) is 152 cm³/mol. The number of halogens is 3. The summed E-state index contributed by atoms with van der Waals surface area (Å²) in [6, 6.07) is 18.7. The number of rotatable bonds is 4. The quantitative estimate of drug-likeness (QED) is 0.242. The standard InChI is InChI=1S/C33H27F3N2O4/c1-33(2)17-25-31(41-18-33)30(20-15-14-19(16-24(20)36)42-28-13-6-5-10-23(28)35)38(26-11-7-12-27(39)29(26)37-25)32(40)21-8-3-4-9-22(21)34/h3-16,30,37,39H,17-18H2,1-2H3.